The zero-order valence-corrected chi connectivity index (χ0v) is 8.73. The van der Waals surface area contributed by atoms with E-state index in [-0.39, 0.29) is 0 Å². The summed E-state index contributed by atoms with van der Waals surface area (Å²) in [6.07, 6.45) is 3.51. The highest BCUT2D eigenvalue weighted by molar-refractivity contribution is 5.55. The highest BCUT2D eigenvalue weighted by atomic mass is 15.0. The van der Waals surface area contributed by atoms with Crippen molar-refractivity contribution in [2.45, 2.75) is 6.92 Å². The van der Waals surface area contributed by atoms with Crippen LogP contribution in [0.25, 0.3) is 11.4 Å². The van der Waals surface area contributed by atoms with E-state index in [0.29, 0.717) is 5.82 Å². The van der Waals surface area contributed by atoms with Crippen LogP contribution in [0.4, 0.5) is 5.82 Å². The van der Waals surface area contributed by atoms with Crippen LogP contribution in [0.5, 0.6) is 0 Å². The van der Waals surface area contributed by atoms with E-state index in [1.807, 2.05) is 32.2 Å². The Morgan fingerprint density at radius 3 is 2.67 bits per heavy atom. The second-order valence-corrected chi connectivity index (χ2v) is 3.20. The van der Waals surface area contributed by atoms with Gasteiger partial charge in [-0.2, -0.15) is 0 Å². The molecule has 0 aromatic carbocycles. The van der Waals surface area contributed by atoms with Crippen molar-refractivity contribution in [2.75, 3.05) is 12.4 Å². The van der Waals surface area contributed by atoms with Gasteiger partial charge in [-0.1, -0.05) is 0 Å². The number of nitrogens with zero attached hydrogens (tertiary/aromatic N) is 3. The predicted octanol–water partition coefficient (Wildman–Crippen LogP) is 1.89. The van der Waals surface area contributed by atoms with Gasteiger partial charge in [-0.25, -0.2) is 9.97 Å². The molecular formula is C11H12N4. The molecule has 0 saturated carbocycles. The quantitative estimate of drug-likeness (QED) is 0.804. The molecule has 0 amide bonds. The van der Waals surface area contributed by atoms with Crippen molar-refractivity contribution >= 4 is 5.82 Å². The van der Waals surface area contributed by atoms with Crippen LogP contribution >= 0.6 is 0 Å². The maximum absolute atomic E-state index is 4.33. The van der Waals surface area contributed by atoms with E-state index in [2.05, 4.69) is 20.3 Å². The van der Waals surface area contributed by atoms with E-state index in [4.69, 9.17) is 0 Å². The number of anilines is 1. The Bertz CT molecular complexity index is 450. The highest BCUT2D eigenvalue weighted by Gasteiger charge is 2.01. The number of rotatable bonds is 2. The lowest BCUT2D eigenvalue weighted by Crippen LogP contribution is -1.96. The molecule has 0 bridgehead atoms. The number of hydrogen-bond donors (Lipinski definition) is 1. The lowest BCUT2D eigenvalue weighted by atomic mass is 10.2. The summed E-state index contributed by atoms with van der Waals surface area (Å²) in [7, 11) is 1.83. The highest BCUT2D eigenvalue weighted by Crippen LogP contribution is 2.14. The molecule has 4 heteroatoms. The monoisotopic (exact) mass is 200 g/mol. The summed E-state index contributed by atoms with van der Waals surface area (Å²) < 4.78 is 0. The summed E-state index contributed by atoms with van der Waals surface area (Å²) in [5, 5.41) is 2.98. The normalized spacial score (nSPS) is 10.0. The average molecular weight is 200 g/mol. The van der Waals surface area contributed by atoms with Crippen LogP contribution in [0, 0.1) is 6.92 Å². The van der Waals surface area contributed by atoms with Crippen molar-refractivity contribution in [3.8, 4) is 11.4 Å². The molecule has 2 heterocycles. The molecule has 2 aromatic heterocycles. The van der Waals surface area contributed by atoms with Crippen LogP contribution in [-0.2, 0) is 0 Å². The second kappa shape index (κ2) is 4.04. The van der Waals surface area contributed by atoms with Gasteiger partial charge in [0.15, 0.2) is 5.82 Å². The smallest absolute Gasteiger partial charge is 0.163 e. The van der Waals surface area contributed by atoms with Gasteiger partial charge >= 0.3 is 0 Å². The molecule has 15 heavy (non-hydrogen) atoms. The Kier molecular flexibility index (Phi) is 2.58. The molecule has 0 aliphatic carbocycles. The molecule has 1 N–H and O–H groups in total. The number of aromatic nitrogens is 3. The molecule has 76 valence electrons. The van der Waals surface area contributed by atoms with Gasteiger partial charge < -0.3 is 5.32 Å². The Balaban J connectivity index is 2.40. The summed E-state index contributed by atoms with van der Waals surface area (Å²) in [6, 6.07) is 5.74. The van der Waals surface area contributed by atoms with Crippen LogP contribution < -0.4 is 5.32 Å². The van der Waals surface area contributed by atoms with E-state index in [9.17, 15) is 0 Å². The molecule has 0 spiro atoms. The summed E-state index contributed by atoms with van der Waals surface area (Å²) in [5.41, 5.74) is 1.92. The molecule has 4 nitrogen and oxygen atoms in total. The lowest BCUT2D eigenvalue weighted by Gasteiger charge is -2.02. The van der Waals surface area contributed by atoms with Gasteiger partial charge in [0.05, 0.1) is 0 Å². The van der Waals surface area contributed by atoms with Gasteiger partial charge in [0.2, 0.25) is 0 Å². The van der Waals surface area contributed by atoms with Crippen molar-refractivity contribution in [2.24, 2.45) is 0 Å². The van der Waals surface area contributed by atoms with E-state index < -0.39 is 0 Å². The number of nitrogens with one attached hydrogen (secondary N) is 1. The van der Waals surface area contributed by atoms with Gasteiger partial charge in [-0.15, -0.1) is 0 Å². The first-order valence-corrected chi connectivity index (χ1v) is 4.73. The third-order valence-corrected chi connectivity index (χ3v) is 2.08. The SMILES string of the molecule is CNc1ccnc(-c2ccc(C)nc2)n1. The Morgan fingerprint density at radius 2 is 2.00 bits per heavy atom. The predicted molar refractivity (Wildman–Crippen MR) is 59.5 cm³/mol. The average Bonchev–Trinajstić information content (AvgIpc) is 2.30. The van der Waals surface area contributed by atoms with Crippen LogP contribution in [0.1, 0.15) is 5.69 Å². The van der Waals surface area contributed by atoms with Crippen LogP contribution in [0.3, 0.4) is 0 Å². The molecule has 0 aliphatic rings. The van der Waals surface area contributed by atoms with Gasteiger partial charge in [0.1, 0.15) is 5.82 Å². The third-order valence-electron chi connectivity index (χ3n) is 2.08. The fourth-order valence-corrected chi connectivity index (χ4v) is 1.24. The number of hydrogen-bond acceptors (Lipinski definition) is 4. The van der Waals surface area contributed by atoms with E-state index >= 15 is 0 Å². The Hall–Kier alpha value is -1.97. The molecule has 2 aromatic rings. The first-order chi connectivity index (χ1) is 7.29. The molecule has 2 rings (SSSR count). The van der Waals surface area contributed by atoms with Crippen molar-refractivity contribution < 1.29 is 0 Å². The molecule has 0 atom stereocenters. The van der Waals surface area contributed by atoms with Crippen LogP contribution in [-0.4, -0.2) is 22.0 Å². The minimum absolute atomic E-state index is 0.689. The standard InChI is InChI=1S/C11H12N4/c1-8-3-4-9(7-14-8)11-13-6-5-10(12-2)15-11/h3-7H,1-2H3,(H,12,13,15). The summed E-state index contributed by atoms with van der Waals surface area (Å²) in [4.78, 5) is 12.7. The topological polar surface area (TPSA) is 50.7 Å². The maximum Gasteiger partial charge on any atom is 0.163 e. The van der Waals surface area contributed by atoms with Crippen molar-refractivity contribution in [3.05, 3.63) is 36.3 Å². The van der Waals surface area contributed by atoms with Crippen molar-refractivity contribution in [3.63, 3.8) is 0 Å². The Labute approximate surface area is 88.4 Å². The molecule has 0 fully saturated rings. The van der Waals surface area contributed by atoms with E-state index in [1.54, 1.807) is 12.4 Å². The zero-order valence-electron chi connectivity index (χ0n) is 8.73. The maximum atomic E-state index is 4.33. The first-order valence-electron chi connectivity index (χ1n) is 4.73. The van der Waals surface area contributed by atoms with E-state index in [1.165, 1.54) is 0 Å². The van der Waals surface area contributed by atoms with Gasteiger partial charge in [0.25, 0.3) is 0 Å². The van der Waals surface area contributed by atoms with Crippen LogP contribution in [0.15, 0.2) is 30.6 Å². The number of pyridine rings is 1. The van der Waals surface area contributed by atoms with Gasteiger partial charge in [0, 0.05) is 30.7 Å². The fraction of sp³-hybridized carbons (Fsp3) is 0.182. The minimum Gasteiger partial charge on any atom is -0.373 e. The molecule has 0 aliphatic heterocycles. The Morgan fingerprint density at radius 1 is 1.13 bits per heavy atom. The second-order valence-electron chi connectivity index (χ2n) is 3.20. The minimum atomic E-state index is 0.689. The summed E-state index contributed by atoms with van der Waals surface area (Å²) in [6.45, 7) is 1.95. The van der Waals surface area contributed by atoms with Crippen molar-refractivity contribution in [1.29, 1.82) is 0 Å². The van der Waals surface area contributed by atoms with E-state index in [0.717, 1.165) is 17.1 Å². The first kappa shape index (κ1) is 9.58. The third kappa shape index (κ3) is 2.10. The largest absolute Gasteiger partial charge is 0.373 e. The van der Waals surface area contributed by atoms with Crippen molar-refractivity contribution in [1.82, 2.24) is 15.0 Å². The van der Waals surface area contributed by atoms with Gasteiger partial charge in [-0.05, 0) is 25.1 Å². The summed E-state index contributed by atoms with van der Waals surface area (Å²) in [5.74, 6) is 1.50. The van der Waals surface area contributed by atoms with Gasteiger partial charge in [-0.3, -0.25) is 4.98 Å². The summed E-state index contributed by atoms with van der Waals surface area (Å²) >= 11 is 0. The van der Waals surface area contributed by atoms with Crippen LogP contribution in [0.2, 0.25) is 0 Å². The molecular weight excluding hydrogens is 188 g/mol. The fourth-order valence-electron chi connectivity index (χ4n) is 1.24. The lowest BCUT2D eigenvalue weighted by molar-refractivity contribution is 1.14. The zero-order chi connectivity index (χ0) is 10.7. The molecule has 0 unspecified atom stereocenters. The molecule has 0 radical (unpaired) electrons. The number of aryl methyl sites for hydroxylation is 1. The molecule has 0 saturated heterocycles.